The van der Waals surface area contributed by atoms with Crippen LogP contribution in [0.25, 0.3) is 10.6 Å². The Morgan fingerprint density at radius 2 is 2.05 bits per heavy atom. The van der Waals surface area contributed by atoms with Gasteiger partial charge in [-0.05, 0) is 26.0 Å². The third kappa shape index (κ3) is 2.88. The summed E-state index contributed by atoms with van der Waals surface area (Å²) in [6, 6.07) is 9.06. The van der Waals surface area contributed by atoms with Crippen molar-refractivity contribution in [1.82, 2.24) is 10.2 Å². The molecule has 0 aliphatic heterocycles. The van der Waals surface area contributed by atoms with Crippen LogP contribution < -0.4 is 5.32 Å². The fraction of sp³-hybridized carbons (Fsp3) is 0.133. The van der Waals surface area contributed by atoms with E-state index in [0.29, 0.717) is 32.2 Å². The molecule has 0 saturated heterocycles. The average Bonchev–Trinajstić information content (AvgIpc) is 3.06. The Hall–Kier alpha value is -2.18. The lowest BCUT2D eigenvalue weighted by molar-refractivity contribution is 0.102. The smallest absolute Gasteiger partial charge is 0.261 e. The number of carbonyl (C=O) groups excluding carboxylic acids is 1. The molecule has 2 aromatic heterocycles. The first kappa shape index (κ1) is 14.7. The van der Waals surface area contributed by atoms with Crippen LogP contribution in [0.3, 0.4) is 0 Å². The monoisotopic (exact) mass is 333 g/mol. The Labute approximate surface area is 135 Å². The molecule has 0 aliphatic rings. The molecule has 1 N–H and O–H groups in total. The molecule has 0 saturated carbocycles. The summed E-state index contributed by atoms with van der Waals surface area (Å²) in [5.74, 6) is 0.999. The number of nitrogens with one attached hydrogen (secondary N) is 1. The molecule has 2 heterocycles. The van der Waals surface area contributed by atoms with Crippen LogP contribution in [0, 0.1) is 13.8 Å². The second-order valence-corrected chi connectivity index (χ2v) is 6.06. The van der Waals surface area contributed by atoms with Gasteiger partial charge in [-0.15, -0.1) is 10.2 Å². The van der Waals surface area contributed by atoms with E-state index in [9.17, 15) is 4.79 Å². The van der Waals surface area contributed by atoms with Gasteiger partial charge in [0.15, 0.2) is 5.01 Å². The van der Waals surface area contributed by atoms with Gasteiger partial charge in [0.05, 0.1) is 10.6 Å². The third-order valence-electron chi connectivity index (χ3n) is 3.04. The number of halogens is 1. The molecule has 0 spiro atoms. The summed E-state index contributed by atoms with van der Waals surface area (Å²) in [6.45, 7) is 3.54. The molecular formula is C15H12ClN3O2S. The van der Waals surface area contributed by atoms with Crippen molar-refractivity contribution < 1.29 is 9.21 Å². The number of aryl methyl sites for hydroxylation is 2. The van der Waals surface area contributed by atoms with E-state index in [1.165, 1.54) is 11.3 Å². The number of amides is 1. The van der Waals surface area contributed by atoms with E-state index in [-0.39, 0.29) is 5.91 Å². The molecule has 112 valence electrons. The van der Waals surface area contributed by atoms with Gasteiger partial charge >= 0.3 is 0 Å². The lowest BCUT2D eigenvalue weighted by Crippen LogP contribution is -2.11. The van der Waals surface area contributed by atoms with E-state index in [1.54, 1.807) is 26.0 Å². The van der Waals surface area contributed by atoms with E-state index in [0.717, 1.165) is 5.56 Å². The summed E-state index contributed by atoms with van der Waals surface area (Å²) in [5.41, 5.74) is 1.28. The second-order valence-electron chi connectivity index (χ2n) is 4.67. The minimum Gasteiger partial charge on any atom is -0.466 e. The van der Waals surface area contributed by atoms with E-state index in [2.05, 4.69) is 15.5 Å². The topological polar surface area (TPSA) is 68.0 Å². The number of rotatable bonds is 3. The first-order chi connectivity index (χ1) is 10.5. The average molecular weight is 334 g/mol. The lowest BCUT2D eigenvalue weighted by atomic mass is 10.2. The van der Waals surface area contributed by atoms with Gasteiger partial charge in [0, 0.05) is 5.56 Å². The number of furan rings is 1. The van der Waals surface area contributed by atoms with Crippen molar-refractivity contribution in [3.63, 3.8) is 0 Å². The molecule has 5 nitrogen and oxygen atoms in total. The highest BCUT2D eigenvalue weighted by molar-refractivity contribution is 7.18. The quantitative estimate of drug-likeness (QED) is 0.775. The van der Waals surface area contributed by atoms with Crippen LogP contribution in [0.15, 0.2) is 34.7 Å². The van der Waals surface area contributed by atoms with Crippen molar-refractivity contribution >= 4 is 34.0 Å². The van der Waals surface area contributed by atoms with Crippen molar-refractivity contribution in [1.29, 1.82) is 0 Å². The van der Waals surface area contributed by atoms with E-state index >= 15 is 0 Å². The number of hydrogen-bond donors (Lipinski definition) is 1. The van der Waals surface area contributed by atoms with Crippen molar-refractivity contribution in [2.45, 2.75) is 13.8 Å². The van der Waals surface area contributed by atoms with Gasteiger partial charge in [-0.3, -0.25) is 10.1 Å². The summed E-state index contributed by atoms with van der Waals surface area (Å²) in [6.07, 6.45) is 0. The molecule has 0 atom stereocenters. The maximum absolute atomic E-state index is 12.2. The summed E-state index contributed by atoms with van der Waals surface area (Å²) in [5, 5.41) is 12.4. The molecule has 7 heteroatoms. The Bertz CT molecular complexity index is 841. The third-order valence-corrected chi connectivity index (χ3v) is 4.24. The van der Waals surface area contributed by atoms with Crippen molar-refractivity contribution in [2.75, 3.05) is 5.32 Å². The second kappa shape index (κ2) is 5.90. The summed E-state index contributed by atoms with van der Waals surface area (Å²) < 4.78 is 5.35. The molecule has 1 aromatic carbocycles. The van der Waals surface area contributed by atoms with Gasteiger partial charge in [0.25, 0.3) is 5.91 Å². The summed E-state index contributed by atoms with van der Waals surface area (Å²) in [7, 11) is 0. The Balaban J connectivity index is 1.82. The number of hydrogen-bond acceptors (Lipinski definition) is 5. The lowest BCUT2D eigenvalue weighted by Gasteiger charge is -1.99. The molecular weight excluding hydrogens is 322 g/mol. The van der Waals surface area contributed by atoms with E-state index < -0.39 is 0 Å². The van der Waals surface area contributed by atoms with Crippen LogP contribution in [-0.2, 0) is 0 Å². The van der Waals surface area contributed by atoms with Crippen LogP contribution in [0.1, 0.15) is 21.9 Å². The molecule has 3 aromatic rings. The number of aromatic nitrogens is 2. The molecule has 0 fully saturated rings. The predicted molar refractivity (Wildman–Crippen MR) is 86.5 cm³/mol. The van der Waals surface area contributed by atoms with Gasteiger partial charge in [-0.25, -0.2) is 0 Å². The molecule has 3 rings (SSSR count). The summed E-state index contributed by atoms with van der Waals surface area (Å²) >= 11 is 7.40. The van der Waals surface area contributed by atoms with Crippen LogP contribution in [0.5, 0.6) is 0 Å². The molecule has 0 bridgehead atoms. The van der Waals surface area contributed by atoms with Gasteiger partial charge in [-0.1, -0.05) is 41.1 Å². The minimum absolute atomic E-state index is 0.267. The zero-order chi connectivity index (χ0) is 15.7. The highest BCUT2D eigenvalue weighted by Crippen LogP contribution is 2.31. The number of nitrogens with zero attached hydrogens (tertiary/aromatic N) is 2. The highest BCUT2D eigenvalue weighted by Gasteiger charge is 2.16. The number of carbonyl (C=O) groups is 1. The Kier molecular flexibility index (Phi) is 3.96. The first-order valence-corrected chi connectivity index (χ1v) is 7.71. The molecule has 0 unspecified atom stereocenters. The molecule has 1 amide bonds. The standard InChI is InChI=1S/C15H12ClN3O2S/c1-8-7-11(9(2)21-8)13(20)17-15-19-18-14(22-15)10-5-3-4-6-12(10)16/h3-7H,1-2H3,(H,17,19,20). The van der Waals surface area contributed by atoms with E-state index in [1.807, 2.05) is 18.2 Å². The fourth-order valence-electron chi connectivity index (χ4n) is 2.04. The molecule has 22 heavy (non-hydrogen) atoms. The number of benzene rings is 1. The predicted octanol–water partition coefficient (Wildman–Crippen LogP) is 4.32. The zero-order valence-electron chi connectivity index (χ0n) is 11.9. The van der Waals surface area contributed by atoms with Gasteiger partial charge in [-0.2, -0.15) is 0 Å². The fourth-order valence-corrected chi connectivity index (χ4v) is 3.10. The van der Waals surface area contributed by atoms with Crippen molar-refractivity contribution in [2.24, 2.45) is 0 Å². The Morgan fingerprint density at radius 1 is 1.27 bits per heavy atom. The largest absolute Gasteiger partial charge is 0.466 e. The molecule has 0 aliphatic carbocycles. The van der Waals surface area contributed by atoms with Gasteiger partial charge in [0.1, 0.15) is 11.5 Å². The van der Waals surface area contributed by atoms with Crippen LogP contribution >= 0.6 is 22.9 Å². The van der Waals surface area contributed by atoms with Crippen LogP contribution in [0.4, 0.5) is 5.13 Å². The van der Waals surface area contributed by atoms with Crippen LogP contribution in [-0.4, -0.2) is 16.1 Å². The maximum Gasteiger partial charge on any atom is 0.261 e. The van der Waals surface area contributed by atoms with Crippen LogP contribution in [0.2, 0.25) is 5.02 Å². The minimum atomic E-state index is -0.267. The highest BCUT2D eigenvalue weighted by atomic mass is 35.5. The van der Waals surface area contributed by atoms with Gasteiger partial charge in [0.2, 0.25) is 5.13 Å². The van der Waals surface area contributed by atoms with E-state index in [4.69, 9.17) is 16.0 Å². The molecule has 0 radical (unpaired) electrons. The SMILES string of the molecule is Cc1cc(C(=O)Nc2nnc(-c3ccccc3Cl)s2)c(C)o1. The van der Waals surface area contributed by atoms with Crippen molar-refractivity contribution in [3.05, 3.63) is 52.4 Å². The van der Waals surface area contributed by atoms with Gasteiger partial charge < -0.3 is 4.42 Å². The zero-order valence-corrected chi connectivity index (χ0v) is 13.5. The summed E-state index contributed by atoms with van der Waals surface area (Å²) in [4.78, 5) is 12.2. The van der Waals surface area contributed by atoms with Crippen molar-refractivity contribution in [3.8, 4) is 10.6 Å². The Morgan fingerprint density at radius 3 is 2.73 bits per heavy atom. The maximum atomic E-state index is 12.2. The normalized spacial score (nSPS) is 10.7. The number of anilines is 1. The first-order valence-electron chi connectivity index (χ1n) is 6.51.